The SMILES string of the molecule is OC(CSC1CCCC1)c1ccccc1F. The zero-order valence-electron chi connectivity index (χ0n) is 9.23. The molecule has 1 saturated carbocycles. The third-order valence-electron chi connectivity index (χ3n) is 3.06. The molecule has 1 nitrogen and oxygen atoms in total. The van der Waals surface area contributed by atoms with Gasteiger partial charge >= 0.3 is 0 Å². The van der Waals surface area contributed by atoms with Gasteiger partial charge in [0.2, 0.25) is 0 Å². The average molecular weight is 240 g/mol. The van der Waals surface area contributed by atoms with Crippen LogP contribution in [0.1, 0.15) is 37.4 Å². The molecule has 0 heterocycles. The molecule has 1 aliphatic rings. The van der Waals surface area contributed by atoms with Crippen LogP contribution in [0, 0.1) is 5.82 Å². The van der Waals surface area contributed by atoms with Gasteiger partial charge in [-0.2, -0.15) is 11.8 Å². The van der Waals surface area contributed by atoms with Crippen LogP contribution in [0.4, 0.5) is 4.39 Å². The second-order valence-electron chi connectivity index (χ2n) is 4.28. The van der Waals surface area contributed by atoms with Gasteiger partial charge in [-0.25, -0.2) is 4.39 Å². The van der Waals surface area contributed by atoms with Crippen LogP contribution in [0.25, 0.3) is 0 Å². The second kappa shape index (κ2) is 5.69. The minimum absolute atomic E-state index is 0.304. The van der Waals surface area contributed by atoms with Crippen LogP contribution < -0.4 is 0 Å². The van der Waals surface area contributed by atoms with Crippen molar-refractivity contribution in [1.82, 2.24) is 0 Å². The summed E-state index contributed by atoms with van der Waals surface area (Å²) >= 11 is 1.78. The summed E-state index contributed by atoms with van der Waals surface area (Å²) in [6.07, 6.45) is 4.41. The standard InChI is InChI=1S/C13H17FOS/c14-12-8-4-3-7-11(12)13(15)9-16-10-5-1-2-6-10/h3-4,7-8,10,13,15H,1-2,5-6,9H2. The molecule has 0 radical (unpaired) electrons. The summed E-state index contributed by atoms with van der Waals surface area (Å²) in [5.74, 6) is 0.299. The van der Waals surface area contributed by atoms with Crippen LogP contribution in [-0.4, -0.2) is 16.1 Å². The normalized spacial score (nSPS) is 18.9. The minimum Gasteiger partial charge on any atom is -0.387 e. The molecule has 1 fully saturated rings. The first-order chi connectivity index (χ1) is 7.77. The number of hydrogen-bond donors (Lipinski definition) is 1. The Balaban J connectivity index is 1.87. The zero-order chi connectivity index (χ0) is 11.4. The van der Waals surface area contributed by atoms with Gasteiger partial charge in [-0.1, -0.05) is 31.0 Å². The highest BCUT2D eigenvalue weighted by atomic mass is 32.2. The van der Waals surface area contributed by atoms with Crippen molar-refractivity contribution in [1.29, 1.82) is 0 Å². The Morgan fingerprint density at radius 2 is 2.00 bits per heavy atom. The maximum atomic E-state index is 13.4. The van der Waals surface area contributed by atoms with Crippen molar-refractivity contribution >= 4 is 11.8 Å². The topological polar surface area (TPSA) is 20.2 Å². The smallest absolute Gasteiger partial charge is 0.129 e. The molecule has 3 heteroatoms. The number of thioether (sulfide) groups is 1. The number of benzene rings is 1. The Hall–Kier alpha value is -0.540. The Kier molecular flexibility index (Phi) is 4.24. The largest absolute Gasteiger partial charge is 0.387 e. The number of aliphatic hydroxyl groups is 1. The summed E-state index contributed by atoms with van der Waals surface area (Å²) in [7, 11) is 0. The highest BCUT2D eigenvalue weighted by Crippen LogP contribution is 2.32. The van der Waals surface area contributed by atoms with Crippen molar-refractivity contribution in [2.75, 3.05) is 5.75 Å². The van der Waals surface area contributed by atoms with Gasteiger partial charge in [0, 0.05) is 16.6 Å². The first kappa shape index (κ1) is 11.9. The van der Waals surface area contributed by atoms with Crippen molar-refractivity contribution in [3.05, 3.63) is 35.6 Å². The molecule has 0 amide bonds. The lowest BCUT2D eigenvalue weighted by atomic mass is 10.1. The molecule has 0 saturated heterocycles. The van der Waals surface area contributed by atoms with Crippen molar-refractivity contribution in [2.45, 2.75) is 37.0 Å². The molecule has 0 spiro atoms. The Morgan fingerprint density at radius 3 is 2.69 bits per heavy atom. The average Bonchev–Trinajstić information content (AvgIpc) is 2.79. The van der Waals surface area contributed by atoms with E-state index < -0.39 is 6.10 Å². The van der Waals surface area contributed by atoms with E-state index in [4.69, 9.17) is 0 Å². The van der Waals surface area contributed by atoms with Crippen LogP contribution >= 0.6 is 11.8 Å². The molecule has 1 unspecified atom stereocenters. The Bertz CT molecular complexity index is 336. The predicted octanol–water partition coefficient (Wildman–Crippen LogP) is 3.53. The first-order valence-electron chi connectivity index (χ1n) is 5.81. The summed E-state index contributed by atoms with van der Waals surface area (Å²) < 4.78 is 13.4. The summed E-state index contributed by atoms with van der Waals surface area (Å²) in [6, 6.07) is 6.48. The summed E-state index contributed by atoms with van der Waals surface area (Å²) in [5.41, 5.74) is 0.424. The van der Waals surface area contributed by atoms with E-state index in [1.807, 2.05) is 0 Å². The maximum absolute atomic E-state index is 13.4. The summed E-state index contributed by atoms with van der Waals surface area (Å²) in [4.78, 5) is 0. The van der Waals surface area contributed by atoms with Gasteiger partial charge < -0.3 is 5.11 Å². The molecule has 0 aliphatic heterocycles. The third kappa shape index (κ3) is 2.98. The minimum atomic E-state index is -0.674. The van der Waals surface area contributed by atoms with Gasteiger partial charge in [-0.15, -0.1) is 0 Å². The number of rotatable bonds is 4. The van der Waals surface area contributed by atoms with Crippen molar-refractivity contribution in [2.24, 2.45) is 0 Å². The van der Waals surface area contributed by atoms with Crippen molar-refractivity contribution in [3.63, 3.8) is 0 Å². The molecule has 1 aromatic carbocycles. The van der Waals surface area contributed by atoms with Crippen LogP contribution in [-0.2, 0) is 0 Å². The van der Waals surface area contributed by atoms with E-state index in [1.165, 1.54) is 31.7 Å². The molecule has 16 heavy (non-hydrogen) atoms. The van der Waals surface area contributed by atoms with Gasteiger partial charge in [-0.3, -0.25) is 0 Å². The predicted molar refractivity (Wildman–Crippen MR) is 66.1 cm³/mol. The number of aliphatic hydroxyl groups excluding tert-OH is 1. The molecular formula is C13H17FOS. The van der Waals surface area contributed by atoms with Crippen molar-refractivity contribution < 1.29 is 9.50 Å². The Labute approximate surface area is 100 Å². The molecule has 1 atom stereocenters. The highest BCUT2D eigenvalue weighted by molar-refractivity contribution is 7.99. The van der Waals surface area contributed by atoms with Gasteiger partial charge in [0.15, 0.2) is 0 Å². The van der Waals surface area contributed by atoms with E-state index in [2.05, 4.69) is 0 Å². The molecule has 2 rings (SSSR count). The van der Waals surface area contributed by atoms with E-state index in [9.17, 15) is 9.50 Å². The molecular weight excluding hydrogens is 223 g/mol. The molecule has 1 N–H and O–H groups in total. The van der Waals surface area contributed by atoms with Gasteiger partial charge in [0.05, 0.1) is 6.10 Å². The second-order valence-corrected chi connectivity index (χ2v) is 5.61. The summed E-state index contributed by atoms with van der Waals surface area (Å²) in [6.45, 7) is 0. The van der Waals surface area contributed by atoms with E-state index in [0.717, 1.165) is 0 Å². The monoisotopic (exact) mass is 240 g/mol. The van der Waals surface area contributed by atoms with Crippen LogP contribution in [0.5, 0.6) is 0 Å². The van der Waals surface area contributed by atoms with E-state index in [0.29, 0.717) is 16.6 Å². The number of hydrogen-bond acceptors (Lipinski definition) is 2. The lowest BCUT2D eigenvalue weighted by Gasteiger charge is -2.14. The van der Waals surface area contributed by atoms with Crippen molar-refractivity contribution in [3.8, 4) is 0 Å². The number of halogens is 1. The molecule has 1 aliphatic carbocycles. The fourth-order valence-electron chi connectivity index (χ4n) is 2.12. The highest BCUT2D eigenvalue weighted by Gasteiger charge is 2.18. The van der Waals surface area contributed by atoms with Gasteiger partial charge in [0.1, 0.15) is 5.82 Å². The molecule has 0 aromatic heterocycles. The Morgan fingerprint density at radius 1 is 1.31 bits per heavy atom. The van der Waals surface area contributed by atoms with E-state index in [1.54, 1.807) is 30.0 Å². The van der Waals surface area contributed by atoms with Crippen LogP contribution in [0.15, 0.2) is 24.3 Å². The summed E-state index contributed by atoms with van der Waals surface area (Å²) in [5, 5.41) is 10.6. The van der Waals surface area contributed by atoms with Gasteiger partial charge in [-0.05, 0) is 18.9 Å². The van der Waals surface area contributed by atoms with Crippen LogP contribution in [0.3, 0.4) is 0 Å². The third-order valence-corrected chi connectivity index (χ3v) is 4.51. The zero-order valence-corrected chi connectivity index (χ0v) is 10.0. The van der Waals surface area contributed by atoms with E-state index >= 15 is 0 Å². The van der Waals surface area contributed by atoms with Gasteiger partial charge in [0.25, 0.3) is 0 Å². The van der Waals surface area contributed by atoms with E-state index in [-0.39, 0.29) is 5.82 Å². The fraction of sp³-hybridized carbons (Fsp3) is 0.538. The quantitative estimate of drug-likeness (QED) is 0.868. The molecule has 1 aromatic rings. The molecule has 0 bridgehead atoms. The first-order valence-corrected chi connectivity index (χ1v) is 6.86. The maximum Gasteiger partial charge on any atom is 0.129 e. The van der Waals surface area contributed by atoms with Crippen LogP contribution in [0.2, 0.25) is 0 Å². The lowest BCUT2D eigenvalue weighted by Crippen LogP contribution is -2.06. The molecule has 88 valence electrons. The fourth-order valence-corrected chi connectivity index (χ4v) is 3.42. The lowest BCUT2D eigenvalue weighted by molar-refractivity contribution is 0.199.